The molecule has 18 heavy (non-hydrogen) atoms. The number of nitrogens with zero attached hydrogens (tertiary/aromatic N) is 1. The molecule has 0 bridgehead atoms. The van der Waals surface area contributed by atoms with Gasteiger partial charge in [0.1, 0.15) is 5.75 Å². The largest absolute Gasteiger partial charge is 0.484 e. The van der Waals surface area contributed by atoms with Crippen molar-refractivity contribution in [3.05, 3.63) is 28.8 Å². The second kappa shape index (κ2) is 7.27. The number of hydrogen-bond donors (Lipinski definition) is 0. The fourth-order valence-corrected chi connectivity index (χ4v) is 1.98. The number of likely N-dealkylation sites (N-methyl/N-ethyl adjacent to an activating group) is 1. The maximum absolute atomic E-state index is 11.8. The average Bonchev–Trinajstić information content (AvgIpc) is 2.39. The lowest BCUT2D eigenvalue weighted by Gasteiger charge is -2.18. The van der Waals surface area contributed by atoms with Gasteiger partial charge >= 0.3 is 0 Å². The standard InChI is InChI=1S/C14H20ClNO2/c1-4-11-9-12(7-8-13(11)15)18-10-14(17)16(5-2)6-3/h7-9H,4-6,10H2,1-3H3. The van der Waals surface area contributed by atoms with E-state index in [1.807, 2.05) is 26.8 Å². The third kappa shape index (κ3) is 3.91. The molecule has 0 atom stereocenters. The number of halogens is 1. The summed E-state index contributed by atoms with van der Waals surface area (Å²) in [7, 11) is 0. The zero-order valence-electron chi connectivity index (χ0n) is 11.2. The van der Waals surface area contributed by atoms with Crippen molar-refractivity contribution < 1.29 is 9.53 Å². The molecule has 100 valence electrons. The summed E-state index contributed by atoms with van der Waals surface area (Å²) in [6.45, 7) is 7.44. The topological polar surface area (TPSA) is 29.5 Å². The molecule has 1 aromatic carbocycles. The Hall–Kier alpha value is -1.22. The number of aryl methyl sites for hydroxylation is 1. The van der Waals surface area contributed by atoms with Gasteiger partial charge in [0.25, 0.3) is 5.91 Å². The average molecular weight is 270 g/mol. The maximum atomic E-state index is 11.8. The van der Waals surface area contributed by atoms with Gasteiger partial charge in [-0.1, -0.05) is 18.5 Å². The molecule has 1 aromatic rings. The van der Waals surface area contributed by atoms with Crippen LogP contribution in [0.4, 0.5) is 0 Å². The second-order valence-corrected chi connectivity index (χ2v) is 4.37. The highest BCUT2D eigenvalue weighted by Crippen LogP contribution is 2.22. The number of carbonyl (C=O) groups excluding carboxylic acids is 1. The fraction of sp³-hybridized carbons (Fsp3) is 0.500. The fourth-order valence-electron chi connectivity index (χ4n) is 1.72. The van der Waals surface area contributed by atoms with Crippen LogP contribution >= 0.6 is 11.6 Å². The van der Waals surface area contributed by atoms with Crippen molar-refractivity contribution in [3.63, 3.8) is 0 Å². The van der Waals surface area contributed by atoms with Crippen molar-refractivity contribution in [2.45, 2.75) is 27.2 Å². The molecule has 1 amide bonds. The van der Waals surface area contributed by atoms with Gasteiger partial charge in [-0.05, 0) is 44.0 Å². The molecule has 0 N–H and O–H groups in total. The van der Waals surface area contributed by atoms with E-state index in [1.165, 1.54) is 0 Å². The minimum Gasteiger partial charge on any atom is -0.484 e. The molecule has 3 nitrogen and oxygen atoms in total. The Morgan fingerprint density at radius 2 is 1.94 bits per heavy atom. The molecule has 0 unspecified atom stereocenters. The molecular formula is C14H20ClNO2. The SMILES string of the molecule is CCc1cc(OCC(=O)N(CC)CC)ccc1Cl. The third-order valence-corrected chi connectivity index (χ3v) is 3.25. The van der Waals surface area contributed by atoms with E-state index in [2.05, 4.69) is 0 Å². The smallest absolute Gasteiger partial charge is 0.260 e. The molecule has 0 aromatic heterocycles. The molecule has 4 heteroatoms. The first-order valence-corrected chi connectivity index (χ1v) is 6.69. The normalized spacial score (nSPS) is 10.2. The zero-order valence-corrected chi connectivity index (χ0v) is 12.0. The summed E-state index contributed by atoms with van der Waals surface area (Å²) in [6, 6.07) is 5.48. The van der Waals surface area contributed by atoms with Gasteiger partial charge in [0.2, 0.25) is 0 Å². The molecule has 0 fully saturated rings. The summed E-state index contributed by atoms with van der Waals surface area (Å²) in [5.74, 6) is 0.699. The van der Waals surface area contributed by atoms with Crippen LogP contribution in [0.25, 0.3) is 0 Å². The van der Waals surface area contributed by atoms with Crippen LogP contribution in [0, 0.1) is 0 Å². The molecule has 0 aliphatic heterocycles. The lowest BCUT2D eigenvalue weighted by Crippen LogP contribution is -2.34. The van der Waals surface area contributed by atoms with Crippen LogP contribution in [0.1, 0.15) is 26.3 Å². The van der Waals surface area contributed by atoms with Gasteiger partial charge in [0, 0.05) is 18.1 Å². The van der Waals surface area contributed by atoms with Crippen molar-refractivity contribution in [3.8, 4) is 5.75 Å². The molecule has 0 aliphatic rings. The number of benzene rings is 1. The predicted molar refractivity (Wildman–Crippen MR) is 74.3 cm³/mol. The molecule has 0 saturated carbocycles. The lowest BCUT2D eigenvalue weighted by molar-refractivity contribution is -0.132. The highest BCUT2D eigenvalue weighted by atomic mass is 35.5. The van der Waals surface area contributed by atoms with Crippen LogP contribution < -0.4 is 4.74 Å². The number of amides is 1. The Kier molecular flexibility index (Phi) is 5.99. The molecule has 0 heterocycles. The summed E-state index contributed by atoms with van der Waals surface area (Å²) in [5, 5.41) is 0.736. The van der Waals surface area contributed by atoms with Crippen LogP contribution in [-0.2, 0) is 11.2 Å². The quantitative estimate of drug-likeness (QED) is 0.794. The van der Waals surface area contributed by atoms with Crippen LogP contribution in [-0.4, -0.2) is 30.5 Å². The molecule has 0 radical (unpaired) electrons. The lowest BCUT2D eigenvalue weighted by atomic mass is 10.1. The predicted octanol–water partition coefficient (Wildman–Crippen LogP) is 3.15. The van der Waals surface area contributed by atoms with Gasteiger partial charge < -0.3 is 9.64 Å². The Morgan fingerprint density at radius 3 is 2.50 bits per heavy atom. The molecule has 0 saturated heterocycles. The van der Waals surface area contributed by atoms with E-state index in [-0.39, 0.29) is 12.5 Å². The van der Waals surface area contributed by atoms with Crippen molar-refractivity contribution >= 4 is 17.5 Å². The highest BCUT2D eigenvalue weighted by Gasteiger charge is 2.10. The van der Waals surface area contributed by atoms with E-state index < -0.39 is 0 Å². The zero-order chi connectivity index (χ0) is 13.5. The Morgan fingerprint density at radius 1 is 1.28 bits per heavy atom. The van der Waals surface area contributed by atoms with Crippen molar-refractivity contribution in [1.82, 2.24) is 4.90 Å². The van der Waals surface area contributed by atoms with Crippen molar-refractivity contribution in [1.29, 1.82) is 0 Å². The number of ether oxygens (including phenoxy) is 1. The van der Waals surface area contributed by atoms with Gasteiger partial charge in [-0.2, -0.15) is 0 Å². The molecule has 0 spiro atoms. The molecule has 0 aliphatic carbocycles. The minimum atomic E-state index is 0.00741. The van der Waals surface area contributed by atoms with Gasteiger partial charge in [-0.25, -0.2) is 0 Å². The number of carbonyl (C=O) groups is 1. The summed E-state index contributed by atoms with van der Waals surface area (Å²) in [5.41, 5.74) is 1.03. The van der Waals surface area contributed by atoms with E-state index in [0.717, 1.165) is 17.0 Å². The molecular weight excluding hydrogens is 250 g/mol. The van der Waals surface area contributed by atoms with Crippen LogP contribution in [0.5, 0.6) is 5.75 Å². The highest BCUT2D eigenvalue weighted by molar-refractivity contribution is 6.31. The summed E-state index contributed by atoms with van der Waals surface area (Å²) in [4.78, 5) is 13.5. The van der Waals surface area contributed by atoms with Gasteiger partial charge in [-0.3, -0.25) is 4.79 Å². The monoisotopic (exact) mass is 269 g/mol. The van der Waals surface area contributed by atoms with E-state index >= 15 is 0 Å². The Balaban J connectivity index is 2.61. The number of hydrogen-bond acceptors (Lipinski definition) is 2. The second-order valence-electron chi connectivity index (χ2n) is 3.96. The summed E-state index contributed by atoms with van der Waals surface area (Å²) in [6.07, 6.45) is 0.847. The minimum absolute atomic E-state index is 0.00741. The van der Waals surface area contributed by atoms with Gasteiger partial charge in [0.05, 0.1) is 0 Å². The van der Waals surface area contributed by atoms with Crippen molar-refractivity contribution in [2.24, 2.45) is 0 Å². The van der Waals surface area contributed by atoms with Crippen LogP contribution in [0.3, 0.4) is 0 Å². The van der Waals surface area contributed by atoms with Gasteiger partial charge in [-0.15, -0.1) is 0 Å². The Bertz CT molecular complexity index is 403. The van der Waals surface area contributed by atoms with Crippen LogP contribution in [0.15, 0.2) is 18.2 Å². The Labute approximate surface area is 114 Å². The van der Waals surface area contributed by atoms with E-state index in [9.17, 15) is 4.79 Å². The van der Waals surface area contributed by atoms with Gasteiger partial charge in [0.15, 0.2) is 6.61 Å². The van der Waals surface area contributed by atoms with Crippen LogP contribution in [0.2, 0.25) is 5.02 Å². The van der Waals surface area contributed by atoms with E-state index in [1.54, 1.807) is 17.0 Å². The first-order chi connectivity index (χ1) is 8.62. The third-order valence-electron chi connectivity index (χ3n) is 2.88. The van der Waals surface area contributed by atoms with Crippen molar-refractivity contribution in [2.75, 3.05) is 19.7 Å². The summed E-state index contributed by atoms with van der Waals surface area (Å²) < 4.78 is 5.50. The maximum Gasteiger partial charge on any atom is 0.260 e. The summed E-state index contributed by atoms with van der Waals surface area (Å²) >= 11 is 6.02. The first kappa shape index (κ1) is 14.8. The van der Waals surface area contributed by atoms with E-state index in [4.69, 9.17) is 16.3 Å². The van der Waals surface area contributed by atoms with E-state index in [0.29, 0.717) is 18.8 Å². The first-order valence-electron chi connectivity index (χ1n) is 6.31. The number of rotatable bonds is 6. The molecule has 1 rings (SSSR count).